The second kappa shape index (κ2) is 6.17. The molecule has 5 nitrogen and oxygen atoms in total. The van der Waals surface area contributed by atoms with Crippen molar-refractivity contribution in [1.29, 1.82) is 15.9 Å². The van der Waals surface area contributed by atoms with Gasteiger partial charge in [0.25, 0.3) is 0 Å². The van der Waals surface area contributed by atoms with Crippen molar-refractivity contribution in [3.05, 3.63) is 29.8 Å². The minimum atomic E-state index is -1.05. The molecule has 1 N–H and O–H groups in total. The average Bonchev–Trinajstić information content (AvgIpc) is 2.37. The third-order valence-electron chi connectivity index (χ3n) is 2.25. The molecule has 0 saturated heterocycles. The zero-order valence-corrected chi connectivity index (χ0v) is 9.80. The number of benzene rings is 1. The van der Waals surface area contributed by atoms with Crippen LogP contribution in [0.4, 0.5) is 0 Å². The van der Waals surface area contributed by atoms with Gasteiger partial charge in [-0.1, -0.05) is 0 Å². The molecule has 0 aromatic heterocycles. The number of nitrogens with one attached hydrogen (secondary N) is 1. The molecule has 0 aliphatic rings. The molecule has 0 aliphatic heterocycles. The number of carbonyl (C=O) groups excluding carboxylic acids is 1. The summed E-state index contributed by atoms with van der Waals surface area (Å²) < 4.78 is 5.19. The summed E-state index contributed by atoms with van der Waals surface area (Å²) in [6.07, 6.45) is 0. The minimum absolute atomic E-state index is 0.00549. The van der Waals surface area contributed by atoms with Crippen LogP contribution in [0.25, 0.3) is 0 Å². The van der Waals surface area contributed by atoms with Crippen molar-refractivity contribution >= 4 is 11.5 Å². The maximum atomic E-state index is 11.6. The molecule has 0 radical (unpaired) electrons. The number of hydrogen-bond donors (Lipinski definition) is 1. The topological polar surface area (TPSA) is 97.7 Å². The molecule has 0 heterocycles. The van der Waals surface area contributed by atoms with Crippen LogP contribution in [-0.4, -0.2) is 18.1 Å². The number of Topliss-reactive ketones (excluding diaryl/α,β-unsaturated/α-hetero) is 1. The van der Waals surface area contributed by atoms with Crippen molar-refractivity contribution in [2.75, 3.05) is 6.61 Å². The van der Waals surface area contributed by atoms with Crippen LogP contribution in [0.1, 0.15) is 12.5 Å². The monoisotopic (exact) mass is 241 g/mol. The van der Waals surface area contributed by atoms with Crippen LogP contribution in [0.3, 0.4) is 0 Å². The van der Waals surface area contributed by atoms with Gasteiger partial charge >= 0.3 is 0 Å². The lowest BCUT2D eigenvalue weighted by atomic mass is 10.0. The highest BCUT2D eigenvalue weighted by atomic mass is 16.5. The number of ether oxygens (including phenoxy) is 1. The molecule has 1 atom stereocenters. The molecular weight excluding hydrogens is 230 g/mol. The largest absolute Gasteiger partial charge is 0.486 e. The normalized spacial score (nSPS) is 10.8. The van der Waals surface area contributed by atoms with E-state index in [1.54, 1.807) is 30.3 Å². The smallest absolute Gasteiger partial charge is 0.192 e. The van der Waals surface area contributed by atoms with Crippen molar-refractivity contribution in [3.63, 3.8) is 0 Å². The summed E-state index contributed by atoms with van der Waals surface area (Å²) in [6.45, 7) is 1.15. The quantitative estimate of drug-likeness (QED) is 0.793. The van der Waals surface area contributed by atoms with E-state index in [-0.39, 0.29) is 12.3 Å². The third-order valence-corrected chi connectivity index (χ3v) is 2.25. The van der Waals surface area contributed by atoms with E-state index in [9.17, 15) is 4.79 Å². The molecule has 1 aromatic carbocycles. The van der Waals surface area contributed by atoms with E-state index in [1.807, 2.05) is 6.07 Å². The van der Waals surface area contributed by atoms with Gasteiger partial charge in [0, 0.05) is 5.71 Å². The predicted octanol–water partition coefficient (Wildman–Crippen LogP) is 1.69. The minimum Gasteiger partial charge on any atom is -0.486 e. The average molecular weight is 241 g/mol. The van der Waals surface area contributed by atoms with Crippen LogP contribution in [0.15, 0.2) is 24.3 Å². The van der Waals surface area contributed by atoms with E-state index in [4.69, 9.17) is 20.7 Å². The summed E-state index contributed by atoms with van der Waals surface area (Å²) in [6, 6.07) is 10.0. The number of ketones is 1. The van der Waals surface area contributed by atoms with Crippen molar-refractivity contribution < 1.29 is 9.53 Å². The molecule has 18 heavy (non-hydrogen) atoms. The Hall–Kier alpha value is -2.66. The first-order valence-corrected chi connectivity index (χ1v) is 5.19. The molecule has 0 fully saturated rings. The van der Waals surface area contributed by atoms with Gasteiger partial charge in [-0.25, -0.2) is 0 Å². The second-order valence-corrected chi connectivity index (χ2v) is 3.64. The van der Waals surface area contributed by atoms with Crippen LogP contribution in [0, 0.1) is 34.0 Å². The second-order valence-electron chi connectivity index (χ2n) is 3.64. The van der Waals surface area contributed by atoms with E-state index < -0.39 is 11.7 Å². The van der Waals surface area contributed by atoms with E-state index >= 15 is 0 Å². The maximum Gasteiger partial charge on any atom is 0.192 e. The fourth-order valence-electron chi connectivity index (χ4n) is 1.27. The van der Waals surface area contributed by atoms with E-state index in [1.165, 1.54) is 6.92 Å². The van der Waals surface area contributed by atoms with E-state index in [0.29, 0.717) is 11.3 Å². The SMILES string of the molecule is CC(=N)C(C#N)C(=O)COc1ccc(C#N)cc1. The fourth-order valence-corrected chi connectivity index (χ4v) is 1.27. The van der Waals surface area contributed by atoms with Gasteiger partial charge in [0.05, 0.1) is 17.7 Å². The van der Waals surface area contributed by atoms with Gasteiger partial charge in [-0.3, -0.25) is 4.79 Å². The predicted molar refractivity (Wildman–Crippen MR) is 64.2 cm³/mol. The zero-order chi connectivity index (χ0) is 13.5. The molecule has 1 aromatic rings. The van der Waals surface area contributed by atoms with Crippen molar-refractivity contribution in [1.82, 2.24) is 0 Å². The molecule has 0 aliphatic carbocycles. The summed E-state index contributed by atoms with van der Waals surface area (Å²) >= 11 is 0. The standard InChI is InChI=1S/C13H11N3O2/c1-9(16)12(7-15)13(17)8-18-11-4-2-10(6-14)3-5-11/h2-5,12,16H,8H2,1H3. The highest BCUT2D eigenvalue weighted by Crippen LogP contribution is 2.12. The Morgan fingerprint density at radius 3 is 2.44 bits per heavy atom. The number of hydrogen-bond acceptors (Lipinski definition) is 5. The molecule has 0 saturated carbocycles. The van der Waals surface area contributed by atoms with E-state index in [0.717, 1.165) is 0 Å². The first-order valence-electron chi connectivity index (χ1n) is 5.19. The van der Waals surface area contributed by atoms with Gasteiger partial charge in [-0.15, -0.1) is 0 Å². The summed E-state index contributed by atoms with van der Waals surface area (Å²) in [4.78, 5) is 11.6. The molecule has 5 heteroatoms. The van der Waals surface area contributed by atoms with Crippen LogP contribution in [-0.2, 0) is 4.79 Å². The Labute approximate surface area is 105 Å². The van der Waals surface area contributed by atoms with Crippen LogP contribution in [0.2, 0.25) is 0 Å². The fraction of sp³-hybridized carbons (Fsp3) is 0.231. The summed E-state index contributed by atoms with van der Waals surface area (Å²) in [5.74, 6) is -1.06. The molecule has 0 amide bonds. The van der Waals surface area contributed by atoms with Gasteiger partial charge < -0.3 is 10.1 Å². The summed E-state index contributed by atoms with van der Waals surface area (Å²) in [5, 5.41) is 24.6. The molecule has 1 unspecified atom stereocenters. The number of nitrogens with zero attached hydrogens (tertiary/aromatic N) is 2. The zero-order valence-electron chi connectivity index (χ0n) is 9.80. The highest BCUT2D eigenvalue weighted by molar-refractivity contribution is 6.05. The van der Waals surface area contributed by atoms with Crippen molar-refractivity contribution in [2.45, 2.75) is 6.92 Å². The lowest BCUT2D eigenvalue weighted by Gasteiger charge is -2.08. The Bertz CT molecular complexity index is 535. The number of carbonyl (C=O) groups is 1. The Kier molecular flexibility index (Phi) is 4.59. The molecule has 1 rings (SSSR count). The third kappa shape index (κ3) is 3.43. The number of nitriles is 2. The maximum absolute atomic E-state index is 11.6. The Morgan fingerprint density at radius 2 is 2.00 bits per heavy atom. The van der Waals surface area contributed by atoms with Gasteiger partial charge in [0.1, 0.15) is 18.3 Å². The first-order chi connectivity index (χ1) is 8.58. The van der Waals surface area contributed by atoms with Crippen LogP contribution < -0.4 is 4.74 Å². The lowest BCUT2D eigenvalue weighted by molar-refractivity contribution is -0.121. The van der Waals surface area contributed by atoms with Gasteiger partial charge in [-0.2, -0.15) is 10.5 Å². The van der Waals surface area contributed by atoms with Crippen LogP contribution >= 0.6 is 0 Å². The highest BCUT2D eigenvalue weighted by Gasteiger charge is 2.20. The summed E-state index contributed by atoms with van der Waals surface area (Å²) in [7, 11) is 0. The van der Waals surface area contributed by atoms with Gasteiger partial charge in [-0.05, 0) is 31.2 Å². The van der Waals surface area contributed by atoms with E-state index in [2.05, 4.69) is 0 Å². The lowest BCUT2D eigenvalue weighted by Crippen LogP contribution is -2.25. The van der Waals surface area contributed by atoms with Crippen molar-refractivity contribution in [2.24, 2.45) is 5.92 Å². The Morgan fingerprint density at radius 1 is 1.39 bits per heavy atom. The molecule has 90 valence electrons. The van der Waals surface area contributed by atoms with Crippen molar-refractivity contribution in [3.8, 4) is 17.9 Å². The molecular formula is C13H11N3O2. The molecule has 0 spiro atoms. The van der Waals surface area contributed by atoms with Crippen LogP contribution in [0.5, 0.6) is 5.75 Å². The number of rotatable bonds is 5. The Balaban J connectivity index is 2.60. The van der Waals surface area contributed by atoms with Gasteiger partial charge in [0.15, 0.2) is 5.78 Å². The first kappa shape index (κ1) is 13.4. The molecule has 0 bridgehead atoms. The summed E-state index contributed by atoms with van der Waals surface area (Å²) in [5.41, 5.74) is 0.504. The van der Waals surface area contributed by atoms with Gasteiger partial charge in [0.2, 0.25) is 0 Å².